The predicted octanol–water partition coefficient (Wildman–Crippen LogP) is 3.24. The van der Waals surface area contributed by atoms with Crippen molar-refractivity contribution < 1.29 is 27.1 Å². The minimum absolute atomic E-state index is 0.0578. The maximum absolute atomic E-state index is 13.1. The smallest absolute Gasteiger partial charge is 0.409 e. The molecular formula is C20H21ClFN3O5S. The number of hydrogen-bond donors (Lipinski definition) is 2. The van der Waals surface area contributed by atoms with Crippen molar-refractivity contribution in [3.63, 3.8) is 0 Å². The second-order valence-corrected chi connectivity index (χ2v) is 9.02. The molecule has 1 saturated heterocycles. The average molecular weight is 470 g/mol. The van der Waals surface area contributed by atoms with E-state index in [4.69, 9.17) is 11.6 Å². The number of carbonyl (C=O) groups is 2. The van der Waals surface area contributed by atoms with Crippen molar-refractivity contribution in [1.29, 1.82) is 0 Å². The van der Waals surface area contributed by atoms with Crippen LogP contribution in [0.15, 0.2) is 47.4 Å². The predicted molar refractivity (Wildman–Crippen MR) is 113 cm³/mol. The maximum atomic E-state index is 13.1. The first-order valence-electron chi connectivity index (χ1n) is 9.41. The summed E-state index contributed by atoms with van der Waals surface area (Å²) in [4.78, 5) is 25.5. The molecule has 0 bridgehead atoms. The minimum Gasteiger partial charge on any atom is -0.453 e. The fourth-order valence-electron chi connectivity index (χ4n) is 3.18. The number of likely N-dealkylation sites (tertiary alicyclic amines) is 1. The molecule has 0 radical (unpaired) electrons. The number of amides is 2. The van der Waals surface area contributed by atoms with Gasteiger partial charge in [-0.05, 0) is 55.3 Å². The minimum atomic E-state index is -4.11. The summed E-state index contributed by atoms with van der Waals surface area (Å²) in [5, 5.41) is 2.79. The highest BCUT2D eigenvalue weighted by Crippen LogP contribution is 2.25. The topological polar surface area (TPSA) is 105 Å². The van der Waals surface area contributed by atoms with E-state index in [0.29, 0.717) is 25.9 Å². The Balaban J connectivity index is 1.71. The summed E-state index contributed by atoms with van der Waals surface area (Å²) in [6, 6.07) is 8.57. The highest BCUT2D eigenvalue weighted by molar-refractivity contribution is 7.92. The molecular weight excluding hydrogens is 449 g/mol. The van der Waals surface area contributed by atoms with Gasteiger partial charge in [0, 0.05) is 30.4 Å². The number of piperidine rings is 1. The summed E-state index contributed by atoms with van der Waals surface area (Å²) in [7, 11) is -2.80. The largest absolute Gasteiger partial charge is 0.453 e. The van der Waals surface area contributed by atoms with Crippen LogP contribution in [0.5, 0.6) is 0 Å². The van der Waals surface area contributed by atoms with Crippen molar-refractivity contribution >= 4 is 39.3 Å². The number of anilines is 1. The van der Waals surface area contributed by atoms with E-state index in [0.717, 1.165) is 12.1 Å². The van der Waals surface area contributed by atoms with Crippen LogP contribution in [0, 0.1) is 5.82 Å². The molecule has 2 aromatic carbocycles. The quantitative estimate of drug-likeness (QED) is 0.699. The van der Waals surface area contributed by atoms with Crippen molar-refractivity contribution in [2.24, 2.45) is 0 Å². The lowest BCUT2D eigenvalue weighted by atomic mass is 10.0. The molecule has 3 rings (SSSR count). The molecule has 1 aliphatic rings. The van der Waals surface area contributed by atoms with Crippen molar-refractivity contribution in [3.8, 4) is 0 Å². The number of halogens is 2. The molecule has 11 heteroatoms. The van der Waals surface area contributed by atoms with E-state index < -0.39 is 27.8 Å². The Labute approximate surface area is 184 Å². The summed E-state index contributed by atoms with van der Waals surface area (Å²) >= 11 is 6.07. The molecule has 2 aromatic rings. The molecule has 0 aromatic heterocycles. The molecule has 0 aliphatic carbocycles. The zero-order chi connectivity index (χ0) is 22.6. The Hall–Kier alpha value is -2.85. The molecule has 8 nitrogen and oxygen atoms in total. The third-order valence-electron chi connectivity index (χ3n) is 4.84. The first kappa shape index (κ1) is 22.8. The van der Waals surface area contributed by atoms with Gasteiger partial charge in [0.2, 0.25) is 0 Å². The second-order valence-electron chi connectivity index (χ2n) is 6.96. The van der Waals surface area contributed by atoms with Gasteiger partial charge in [0.1, 0.15) is 10.7 Å². The summed E-state index contributed by atoms with van der Waals surface area (Å²) in [5.41, 5.74) is 0.281. The van der Waals surface area contributed by atoms with Gasteiger partial charge in [0.25, 0.3) is 15.9 Å². The summed E-state index contributed by atoms with van der Waals surface area (Å²) in [6.45, 7) is 0.888. The Morgan fingerprint density at radius 3 is 2.39 bits per heavy atom. The van der Waals surface area contributed by atoms with Gasteiger partial charge in [0.15, 0.2) is 0 Å². The molecule has 0 atom stereocenters. The number of nitrogens with one attached hydrogen (secondary N) is 2. The highest BCUT2D eigenvalue weighted by Gasteiger charge is 2.26. The number of rotatable bonds is 5. The molecule has 1 heterocycles. The van der Waals surface area contributed by atoms with Crippen LogP contribution in [0.4, 0.5) is 14.9 Å². The van der Waals surface area contributed by atoms with Crippen LogP contribution in [0.2, 0.25) is 5.02 Å². The Bertz CT molecular complexity index is 1070. The molecule has 0 spiro atoms. The van der Waals surface area contributed by atoms with Crippen molar-refractivity contribution in [2.45, 2.75) is 23.8 Å². The van der Waals surface area contributed by atoms with Crippen LogP contribution >= 0.6 is 11.6 Å². The van der Waals surface area contributed by atoms with Gasteiger partial charge in [-0.1, -0.05) is 11.6 Å². The number of benzene rings is 2. The van der Waals surface area contributed by atoms with E-state index in [1.165, 1.54) is 37.4 Å². The van der Waals surface area contributed by atoms with Crippen LogP contribution in [0.25, 0.3) is 0 Å². The normalized spacial score (nSPS) is 14.7. The highest BCUT2D eigenvalue weighted by atomic mass is 35.5. The Morgan fingerprint density at radius 2 is 1.77 bits per heavy atom. The van der Waals surface area contributed by atoms with E-state index >= 15 is 0 Å². The number of methoxy groups -OCH3 is 1. The second kappa shape index (κ2) is 9.52. The lowest BCUT2D eigenvalue weighted by molar-refractivity contribution is 0.0892. The maximum Gasteiger partial charge on any atom is 0.409 e. The lowest BCUT2D eigenvalue weighted by Gasteiger charge is -2.31. The van der Waals surface area contributed by atoms with Gasteiger partial charge >= 0.3 is 6.09 Å². The lowest BCUT2D eigenvalue weighted by Crippen LogP contribution is -2.46. The molecule has 2 amide bonds. The van der Waals surface area contributed by atoms with E-state index in [1.54, 1.807) is 4.90 Å². The number of hydrogen-bond acceptors (Lipinski definition) is 5. The van der Waals surface area contributed by atoms with Crippen LogP contribution in [-0.2, 0) is 14.8 Å². The molecule has 0 saturated carbocycles. The molecule has 166 valence electrons. The van der Waals surface area contributed by atoms with Crippen molar-refractivity contribution in [1.82, 2.24) is 10.2 Å². The van der Waals surface area contributed by atoms with Gasteiger partial charge in [-0.2, -0.15) is 0 Å². The Morgan fingerprint density at radius 1 is 1.13 bits per heavy atom. The number of nitrogens with zero attached hydrogens (tertiary/aromatic N) is 1. The zero-order valence-corrected chi connectivity index (χ0v) is 18.2. The van der Waals surface area contributed by atoms with Gasteiger partial charge in [-0.3, -0.25) is 9.52 Å². The number of ether oxygens (including phenoxy) is 1. The Kier molecular flexibility index (Phi) is 7.01. The first-order chi connectivity index (χ1) is 14.7. The van der Waals surface area contributed by atoms with Crippen LogP contribution in [-0.4, -0.2) is 51.6 Å². The van der Waals surface area contributed by atoms with E-state index in [1.807, 2.05) is 0 Å². The van der Waals surface area contributed by atoms with E-state index in [9.17, 15) is 22.4 Å². The fraction of sp³-hybridized carbons (Fsp3) is 0.300. The van der Waals surface area contributed by atoms with Crippen molar-refractivity contribution in [3.05, 3.63) is 58.9 Å². The monoisotopic (exact) mass is 469 g/mol. The van der Waals surface area contributed by atoms with Crippen molar-refractivity contribution in [2.75, 3.05) is 24.9 Å². The van der Waals surface area contributed by atoms with E-state index in [2.05, 4.69) is 14.8 Å². The molecule has 1 fully saturated rings. The van der Waals surface area contributed by atoms with Gasteiger partial charge in [-0.15, -0.1) is 0 Å². The SMILES string of the molecule is COC(=O)N1CCC(NC(=O)c2ccc(Cl)c(S(=O)(=O)Nc3ccc(F)cc3)c2)CC1. The van der Waals surface area contributed by atoms with Gasteiger partial charge in [-0.25, -0.2) is 17.6 Å². The average Bonchev–Trinajstić information content (AvgIpc) is 2.75. The molecule has 1 aliphatic heterocycles. The van der Waals surface area contributed by atoms with Gasteiger partial charge < -0.3 is 15.0 Å². The third kappa shape index (κ3) is 5.65. The first-order valence-corrected chi connectivity index (χ1v) is 11.3. The summed E-state index contributed by atoms with van der Waals surface area (Å²) in [6.07, 6.45) is 0.684. The standard InChI is InChI=1S/C20H21ClFN3O5S/c1-30-20(27)25-10-8-15(9-11-25)23-19(26)13-2-7-17(21)18(12-13)31(28,29)24-16-5-3-14(22)4-6-16/h2-7,12,15,24H,8-11H2,1H3,(H,23,26). The molecule has 0 unspecified atom stereocenters. The summed E-state index contributed by atoms with van der Waals surface area (Å²) < 4.78 is 45.5. The van der Waals surface area contributed by atoms with Crippen LogP contribution in [0.1, 0.15) is 23.2 Å². The molecule has 2 N–H and O–H groups in total. The summed E-state index contributed by atoms with van der Waals surface area (Å²) in [5.74, 6) is -0.955. The van der Waals surface area contributed by atoms with Gasteiger partial charge in [0.05, 0.1) is 12.1 Å². The number of sulfonamides is 1. The van der Waals surface area contributed by atoms with Crippen LogP contribution < -0.4 is 10.0 Å². The van der Waals surface area contributed by atoms with E-state index in [-0.39, 0.29) is 27.2 Å². The van der Waals surface area contributed by atoms with Crippen LogP contribution in [0.3, 0.4) is 0 Å². The zero-order valence-electron chi connectivity index (χ0n) is 16.6. The fourth-order valence-corrected chi connectivity index (χ4v) is 4.77. The molecule has 31 heavy (non-hydrogen) atoms. The number of carbonyl (C=O) groups excluding carboxylic acids is 2. The third-order valence-corrected chi connectivity index (χ3v) is 6.71.